The highest BCUT2D eigenvalue weighted by Gasteiger charge is 2.22. The number of phenols is 1. The molecule has 0 amide bonds. The van der Waals surface area contributed by atoms with Crippen LogP contribution in [0.3, 0.4) is 0 Å². The SMILES string of the molecule is C=C(C)Cc1c(O)c(NC)c(NC)c(Nc2ccc(Cl)cc2)c1NC. The van der Waals surface area contributed by atoms with Crippen LogP contribution in [0.5, 0.6) is 5.75 Å². The molecule has 0 radical (unpaired) electrons. The zero-order valence-corrected chi connectivity index (χ0v) is 15.8. The number of halogens is 1. The van der Waals surface area contributed by atoms with E-state index in [-0.39, 0.29) is 5.75 Å². The number of anilines is 5. The topological polar surface area (TPSA) is 68.3 Å². The number of nitrogens with one attached hydrogen (secondary N) is 4. The van der Waals surface area contributed by atoms with E-state index in [0.29, 0.717) is 17.1 Å². The highest BCUT2D eigenvalue weighted by Crippen LogP contribution is 2.48. The zero-order chi connectivity index (χ0) is 18.6. The number of aromatic hydroxyl groups is 1. The molecule has 2 rings (SSSR count). The number of allylic oxidation sites excluding steroid dienone is 1. The first kappa shape index (κ1) is 18.8. The summed E-state index contributed by atoms with van der Waals surface area (Å²) in [6.07, 6.45) is 0.565. The van der Waals surface area contributed by atoms with E-state index in [0.717, 1.165) is 33.9 Å². The first-order valence-electron chi connectivity index (χ1n) is 8.04. The van der Waals surface area contributed by atoms with Crippen molar-refractivity contribution in [3.63, 3.8) is 0 Å². The first-order valence-corrected chi connectivity index (χ1v) is 8.42. The second-order valence-corrected chi connectivity index (χ2v) is 6.28. The zero-order valence-electron chi connectivity index (χ0n) is 15.0. The van der Waals surface area contributed by atoms with Gasteiger partial charge in [-0.05, 0) is 37.6 Å². The van der Waals surface area contributed by atoms with Crippen LogP contribution in [0.2, 0.25) is 5.02 Å². The van der Waals surface area contributed by atoms with E-state index in [1.165, 1.54) is 0 Å². The lowest BCUT2D eigenvalue weighted by Gasteiger charge is -2.24. The fourth-order valence-electron chi connectivity index (χ4n) is 2.83. The Bertz CT molecular complexity index is 772. The summed E-state index contributed by atoms with van der Waals surface area (Å²) in [6.45, 7) is 5.92. The summed E-state index contributed by atoms with van der Waals surface area (Å²) in [4.78, 5) is 0. The molecule has 25 heavy (non-hydrogen) atoms. The van der Waals surface area contributed by atoms with Gasteiger partial charge in [-0.15, -0.1) is 0 Å². The first-order chi connectivity index (χ1) is 11.9. The fraction of sp³-hybridized carbons (Fsp3) is 0.263. The van der Waals surface area contributed by atoms with Gasteiger partial charge in [-0.3, -0.25) is 0 Å². The van der Waals surface area contributed by atoms with Gasteiger partial charge in [0.2, 0.25) is 0 Å². The van der Waals surface area contributed by atoms with E-state index in [4.69, 9.17) is 11.6 Å². The van der Waals surface area contributed by atoms with Crippen LogP contribution in [0.1, 0.15) is 12.5 Å². The number of phenolic OH excluding ortho intramolecular Hbond substituents is 1. The largest absolute Gasteiger partial charge is 0.505 e. The lowest BCUT2D eigenvalue weighted by atomic mass is 9.99. The van der Waals surface area contributed by atoms with Crippen molar-refractivity contribution in [1.82, 2.24) is 0 Å². The molecule has 0 spiro atoms. The normalized spacial score (nSPS) is 10.3. The van der Waals surface area contributed by atoms with Crippen LogP contribution in [0.15, 0.2) is 36.4 Å². The summed E-state index contributed by atoms with van der Waals surface area (Å²) in [5, 5.41) is 24.3. The van der Waals surface area contributed by atoms with Crippen molar-refractivity contribution >= 4 is 40.0 Å². The number of hydrogen-bond acceptors (Lipinski definition) is 5. The van der Waals surface area contributed by atoms with Crippen LogP contribution in [0.25, 0.3) is 0 Å². The summed E-state index contributed by atoms with van der Waals surface area (Å²) in [5.74, 6) is 0.209. The monoisotopic (exact) mass is 360 g/mol. The van der Waals surface area contributed by atoms with E-state index in [1.807, 2.05) is 45.3 Å². The van der Waals surface area contributed by atoms with Gasteiger partial charge in [0, 0.05) is 37.4 Å². The molecule has 0 heterocycles. The average Bonchev–Trinajstić information content (AvgIpc) is 2.58. The second-order valence-electron chi connectivity index (χ2n) is 5.84. The molecule has 0 aromatic heterocycles. The summed E-state index contributed by atoms with van der Waals surface area (Å²) in [6, 6.07) is 7.48. The number of rotatable bonds is 7. The molecule has 0 aliphatic carbocycles. The molecule has 0 atom stereocenters. The Labute approximate surface area is 154 Å². The molecular weight excluding hydrogens is 336 g/mol. The maximum absolute atomic E-state index is 10.8. The third kappa shape index (κ3) is 3.94. The smallest absolute Gasteiger partial charge is 0.146 e. The summed E-state index contributed by atoms with van der Waals surface area (Å²) >= 11 is 5.98. The molecule has 0 fully saturated rings. The Morgan fingerprint density at radius 3 is 2.00 bits per heavy atom. The maximum atomic E-state index is 10.8. The molecular formula is C19H25ClN4O. The minimum Gasteiger partial charge on any atom is -0.505 e. The van der Waals surface area contributed by atoms with Gasteiger partial charge >= 0.3 is 0 Å². The Hall–Kier alpha value is -2.53. The van der Waals surface area contributed by atoms with Crippen LogP contribution >= 0.6 is 11.6 Å². The van der Waals surface area contributed by atoms with Crippen LogP contribution in [-0.2, 0) is 6.42 Å². The summed E-state index contributed by atoms with van der Waals surface area (Å²) in [7, 11) is 5.44. The molecule has 2 aromatic rings. The molecule has 0 saturated carbocycles. The number of hydrogen-bond donors (Lipinski definition) is 5. The van der Waals surface area contributed by atoms with Gasteiger partial charge in [-0.2, -0.15) is 0 Å². The van der Waals surface area contributed by atoms with Crippen molar-refractivity contribution in [2.24, 2.45) is 0 Å². The molecule has 0 saturated heterocycles. The lowest BCUT2D eigenvalue weighted by molar-refractivity contribution is 0.472. The Balaban J connectivity index is 2.69. The predicted octanol–water partition coefficient (Wildman–Crippen LogP) is 5.03. The third-order valence-electron chi connectivity index (χ3n) is 3.92. The van der Waals surface area contributed by atoms with Crippen LogP contribution in [0.4, 0.5) is 28.4 Å². The van der Waals surface area contributed by atoms with Gasteiger partial charge in [0.25, 0.3) is 0 Å². The predicted molar refractivity (Wildman–Crippen MR) is 110 cm³/mol. The van der Waals surface area contributed by atoms with Gasteiger partial charge in [0.05, 0.1) is 17.1 Å². The van der Waals surface area contributed by atoms with E-state index < -0.39 is 0 Å². The molecule has 0 aliphatic heterocycles. The van der Waals surface area contributed by atoms with Crippen molar-refractivity contribution in [2.75, 3.05) is 42.4 Å². The van der Waals surface area contributed by atoms with Crippen LogP contribution < -0.4 is 21.3 Å². The Kier molecular flexibility index (Phi) is 6.04. The molecule has 0 aliphatic rings. The van der Waals surface area contributed by atoms with Crippen molar-refractivity contribution in [1.29, 1.82) is 0 Å². The third-order valence-corrected chi connectivity index (χ3v) is 4.17. The fourth-order valence-corrected chi connectivity index (χ4v) is 2.96. The van der Waals surface area contributed by atoms with E-state index in [1.54, 1.807) is 7.05 Å². The molecule has 6 heteroatoms. The summed E-state index contributed by atoms with van der Waals surface area (Å²) < 4.78 is 0. The van der Waals surface area contributed by atoms with Crippen LogP contribution in [0, 0.1) is 0 Å². The standard InChI is InChI=1S/C19H25ClN4O/c1-11(2)10-14-15(21-3)17(16(22-4)18(23-5)19(14)25)24-13-8-6-12(20)7-9-13/h6-9,21-25H,1,10H2,2-5H3. The minimum atomic E-state index is 0.209. The van der Waals surface area contributed by atoms with Gasteiger partial charge in [-0.25, -0.2) is 0 Å². The molecule has 5 N–H and O–H groups in total. The van der Waals surface area contributed by atoms with E-state index >= 15 is 0 Å². The van der Waals surface area contributed by atoms with Crippen molar-refractivity contribution < 1.29 is 5.11 Å². The molecule has 2 aromatic carbocycles. The van der Waals surface area contributed by atoms with Gasteiger partial charge in [-0.1, -0.05) is 23.8 Å². The second kappa shape index (κ2) is 8.03. The van der Waals surface area contributed by atoms with Crippen molar-refractivity contribution in [3.05, 3.63) is 47.0 Å². The minimum absolute atomic E-state index is 0.209. The van der Waals surface area contributed by atoms with E-state index in [9.17, 15) is 5.11 Å². The molecule has 0 bridgehead atoms. The molecule has 0 unspecified atom stereocenters. The van der Waals surface area contributed by atoms with Crippen LogP contribution in [-0.4, -0.2) is 26.2 Å². The van der Waals surface area contributed by atoms with Gasteiger partial charge in [0.15, 0.2) is 0 Å². The average molecular weight is 361 g/mol. The van der Waals surface area contributed by atoms with Crippen molar-refractivity contribution in [3.8, 4) is 5.75 Å². The van der Waals surface area contributed by atoms with E-state index in [2.05, 4.69) is 27.8 Å². The maximum Gasteiger partial charge on any atom is 0.146 e. The Morgan fingerprint density at radius 1 is 0.960 bits per heavy atom. The van der Waals surface area contributed by atoms with Gasteiger partial charge in [0.1, 0.15) is 11.4 Å². The lowest BCUT2D eigenvalue weighted by Crippen LogP contribution is -2.09. The quantitative estimate of drug-likeness (QED) is 0.272. The Morgan fingerprint density at radius 2 is 1.52 bits per heavy atom. The molecule has 5 nitrogen and oxygen atoms in total. The highest BCUT2D eigenvalue weighted by atomic mass is 35.5. The van der Waals surface area contributed by atoms with Gasteiger partial charge < -0.3 is 26.4 Å². The summed E-state index contributed by atoms with van der Waals surface area (Å²) in [5.41, 5.74) is 5.70. The molecule has 134 valence electrons. The number of benzene rings is 2. The highest BCUT2D eigenvalue weighted by molar-refractivity contribution is 6.30. The van der Waals surface area contributed by atoms with Crippen molar-refractivity contribution in [2.45, 2.75) is 13.3 Å².